The quantitative estimate of drug-likeness (QED) is 0.442. The van der Waals surface area contributed by atoms with E-state index in [9.17, 15) is 9.59 Å². The molecule has 0 spiro atoms. The second-order valence-electron chi connectivity index (χ2n) is 2.08. The largest absolute Gasteiger partial charge is 0.469 e. The van der Waals surface area contributed by atoms with Gasteiger partial charge in [0.05, 0.1) is 27.2 Å². The fraction of sp³-hybridized carbons (Fsp3) is 0.714. The van der Waals surface area contributed by atoms with Crippen LogP contribution in [0.3, 0.4) is 0 Å². The minimum Gasteiger partial charge on any atom is -0.469 e. The summed E-state index contributed by atoms with van der Waals surface area (Å²) in [6.45, 7) is 0.537. The summed E-state index contributed by atoms with van der Waals surface area (Å²) < 4.78 is 8.75. The average Bonchev–Trinajstić information content (AvgIpc) is 2.11. The zero-order valence-corrected chi connectivity index (χ0v) is 7.25. The summed E-state index contributed by atoms with van der Waals surface area (Å²) in [5.74, 6) is -0.646. The molecule has 0 aromatic heterocycles. The Balaban J connectivity index is 3.21. The van der Waals surface area contributed by atoms with Crippen LogP contribution >= 0.6 is 0 Å². The molecule has 0 atom stereocenters. The summed E-state index contributed by atoms with van der Waals surface area (Å²) in [4.78, 5) is 21.1. The third-order valence-electron chi connectivity index (χ3n) is 1.23. The van der Waals surface area contributed by atoms with Gasteiger partial charge in [-0.1, -0.05) is 0 Å². The Labute approximate surface area is 71.0 Å². The Morgan fingerprint density at radius 2 is 1.75 bits per heavy atom. The number of hydrogen-bond donors (Lipinski definition) is 1. The molecule has 0 aromatic carbocycles. The normalized spacial score (nSPS) is 9.17. The van der Waals surface area contributed by atoms with Gasteiger partial charge in [-0.25, -0.2) is 0 Å². The van der Waals surface area contributed by atoms with Crippen molar-refractivity contribution in [2.24, 2.45) is 0 Å². The molecule has 0 aliphatic heterocycles. The van der Waals surface area contributed by atoms with Crippen LogP contribution in [0.4, 0.5) is 0 Å². The molecular formula is C7H13NO4. The second-order valence-corrected chi connectivity index (χ2v) is 2.08. The van der Waals surface area contributed by atoms with E-state index in [1.807, 2.05) is 0 Å². The van der Waals surface area contributed by atoms with Crippen LogP contribution in [0.2, 0.25) is 0 Å². The van der Waals surface area contributed by atoms with Crippen molar-refractivity contribution in [1.82, 2.24) is 5.32 Å². The third kappa shape index (κ3) is 5.67. The van der Waals surface area contributed by atoms with Gasteiger partial charge < -0.3 is 14.8 Å². The molecule has 0 rings (SSSR count). The minimum absolute atomic E-state index is 0.119. The van der Waals surface area contributed by atoms with E-state index in [2.05, 4.69) is 14.8 Å². The Morgan fingerprint density at radius 1 is 1.17 bits per heavy atom. The van der Waals surface area contributed by atoms with Gasteiger partial charge in [-0.05, 0) is 0 Å². The Bertz CT molecular complexity index is 139. The highest BCUT2D eigenvalue weighted by atomic mass is 16.5. The lowest BCUT2D eigenvalue weighted by atomic mass is 10.4. The Morgan fingerprint density at radius 3 is 2.25 bits per heavy atom. The molecule has 70 valence electrons. The van der Waals surface area contributed by atoms with Crippen LogP contribution in [0.15, 0.2) is 0 Å². The van der Waals surface area contributed by atoms with E-state index in [1.54, 1.807) is 0 Å². The van der Waals surface area contributed by atoms with Crippen molar-refractivity contribution in [3.8, 4) is 0 Å². The van der Waals surface area contributed by atoms with Crippen molar-refractivity contribution in [2.75, 3.05) is 27.3 Å². The topological polar surface area (TPSA) is 64.6 Å². The number of methoxy groups -OCH3 is 2. The molecule has 0 aliphatic rings. The molecule has 12 heavy (non-hydrogen) atoms. The highest BCUT2D eigenvalue weighted by Gasteiger charge is 2.01. The standard InChI is InChI=1S/C7H13NO4/c1-11-6(9)3-4-8-5-7(10)12-2/h8H,3-5H2,1-2H3. The van der Waals surface area contributed by atoms with Crippen molar-refractivity contribution in [3.63, 3.8) is 0 Å². The van der Waals surface area contributed by atoms with Crippen LogP contribution in [0.25, 0.3) is 0 Å². The lowest BCUT2D eigenvalue weighted by molar-refractivity contribution is -0.142. The predicted molar refractivity (Wildman–Crippen MR) is 41.5 cm³/mol. The lowest BCUT2D eigenvalue weighted by Gasteiger charge is -2.01. The van der Waals surface area contributed by atoms with Crippen LogP contribution in [-0.2, 0) is 19.1 Å². The highest BCUT2D eigenvalue weighted by Crippen LogP contribution is 1.80. The summed E-state index contributed by atoms with van der Waals surface area (Å²) in [6.07, 6.45) is 0.257. The molecule has 0 heterocycles. The van der Waals surface area contributed by atoms with Gasteiger partial charge in [-0.15, -0.1) is 0 Å². The number of nitrogens with one attached hydrogen (secondary N) is 1. The van der Waals surface area contributed by atoms with Gasteiger partial charge in [0.2, 0.25) is 0 Å². The molecule has 1 N–H and O–H groups in total. The maximum absolute atomic E-state index is 10.5. The maximum Gasteiger partial charge on any atom is 0.319 e. The number of esters is 2. The van der Waals surface area contributed by atoms with E-state index in [-0.39, 0.29) is 24.9 Å². The SMILES string of the molecule is COC(=O)CCNCC(=O)OC. The van der Waals surface area contributed by atoms with Gasteiger partial charge in [0.1, 0.15) is 0 Å². The first-order valence-corrected chi connectivity index (χ1v) is 3.55. The van der Waals surface area contributed by atoms with Gasteiger partial charge >= 0.3 is 11.9 Å². The molecule has 0 radical (unpaired) electrons. The van der Waals surface area contributed by atoms with Crippen molar-refractivity contribution >= 4 is 11.9 Å². The summed E-state index contributed by atoms with van der Waals surface area (Å²) in [5, 5.41) is 2.73. The van der Waals surface area contributed by atoms with Crippen molar-refractivity contribution in [3.05, 3.63) is 0 Å². The number of ether oxygens (including phenoxy) is 2. The molecule has 5 nitrogen and oxygen atoms in total. The van der Waals surface area contributed by atoms with Crippen LogP contribution < -0.4 is 5.32 Å². The molecule has 0 unspecified atom stereocenters. The van der Waals surface area contributed by atoms with Crippen LogP contribution in [0, 0.1) is 0 Å². The summed E-state index contributed by atoms with van der Waals surface area (Å²) in [7, 11) is 2.63. The molecular weight excluding hydrogens is 162 g/mol. The lowest BCUT2D eigenvalue weighted by Crippen LogP contribution is -2.26. The molecule has 0 aliphatic carbocycles. The smallest absolute Gasteiger partial charge is 0.319 e. The number of carbonyl (C=O) groups excluding carboxylic acids is 2. The van der Waals surface area contributed by atoms with E-state index >= 15 is 0 Å². The van der Waals surface area contributed by atoms with Crippen LogP contribution in [0.5, 0.6) is 0 Å². The molecule has 0 saturated carbocycles. The molecule has 0 saturated heterocycles. The highest BCUT2D eigenvalue weighted by molar-refractivity contribution is 5.72. The molecule has 5 heteroatoms. The predicted octanol–water partition coefficient (Wildman–Crippen LogP) is -0.688. The van der Waals surface area contributed by atoms with E-state index in [1.165, 1.54) is 14.2 Å². The second kappa shape index (κ2) is 6.60. The van der Waals surface area contributed by atoms with Crippen molar-refractivity contribution in [2.45, 2.75) is 6.42 Å². The van der Waals surface area contributed by atoms with Gasteiger partial charge in [0.25, 0.3) is 0 Å². The average molecular weight is 175 g/mol. The molecule has 0 aromatic rings. The van der Waals surface area contributed by atoms with Crippen molar-refractivity contribution < 1.29 is 19.1 Å². The Hall–Kier alpha value is -1.10. The zero-order chi connectivity index (χ0) is 9.40. The fourth-order valence-electron chi connectivity index (χ4n) is 0.555. The van der Waals surface area contributed by atoms with Crippen molar-refractivity contribution in [1.29, 1.82) is 0 Å². The molecule has 0 fully saturated rings. The fourth-order valence-corrected chi connectivity index (χ4v) is 0.555. The zero-order valence-electron chi connectivity index (χ0n) is 7.25. The summed E-state index contributed by atoms with van der Waals surface area (Å²) in [5.41, 5.74) is 0. The van der Waals surface area contributed by atoms with Gasteiger partial charge in [-0.3, -0.25) is 9.59 Å². The first kappa shape index (κ1) is 10.9. The van der Waals surface area contributed by atoms with E-state index in [0.29, 0.717) is 6.54 Å². The van der Waals surface area contributed by atoms with Crippen LogP contribution in [0.1, 0.15) is 6.42 Å². The van der Waals surface area contributed by atoms with Gasteiger partial charge in [-0.2, -0.15) is 0 Å². The monoisotopic (exact) mass is 175 g/mol. The number of carbonyl (C=O) groups is 2. The first-order valence-electron chi connectivity index (χ1n) is 3.55. The van der Waals surface area contributed by atoms with Crippen LogP contribution in [-0.4, -0.2) is 39.2 Å². The van der Waals surface area contributed by atoms with Gasteiger partial charge in [0.15, 0.2) is 0 Å². The van der Waals surface area contributed by atoms with E-state index < -0.39 is 0 Å². The first-order chi connectivity index (χ1) is 5.70. The number of rotatable bonds is 5. The van der Waals surface area contributed by atoms with E-state index in [0.717, 1.165) is 0 Å². The summed E-state index contributed by atoms with van der Waals surface area (Å²) >= 11 is 0. The maximum atomic E-state index is 10.5. The minimum atomic E-state index is -0.347. The molecule has 0 bridgehead atoms. The molecule has 0 amide bonds. The Kier molecular flexibility index (Phi) is 6.00. The summed E-state index contributed by atoms with van der Waals surface area (Å²) in [6, 6.07) is 0. The van der Waals surface area contributed by atoms with Gasteiger partial charge in [0, 0.05) is 6.54 Å². The number of hydrogen-bond acceptors (Lipinski definition) is 5. The van der Waals surface area contributed by atoms with E-state index in [4.69, 9.17) is 0 Å². The third-order valence-corrected chi connectivity index (χ3v) is 1.23.